The van der Waals surface area contributed by atoms with Crippen molar-refractivity contribution in [1.82, 2.24) is 0 Å². The third-order valence-corrected chi connectivity index (χ3v) is 24.5. The second-order valence-electron chi connectivity index (χ2n) is 5.80. The quantitative estimate of drug-likeness (QED) is 0.337. The zero-order valence-electron chi connectivity index (χ0n) is 15.5. The monoisotopic (exact) mass is 484 g/mol. The molecule has 5 atom stereocenters. The standard InChI is InChI=1S/C7H28O11Si7/c1-11-21(3,9)14-25(7)16-22(4,10)15-24(6,13-20-8)17-23(5,18-25)12-19-2/h8-10H,19-20H2,1-7H3. The Morgan fingerprint density at radius 3 is 1.88 bits per heavy atom. The van der Waals surface area contributed by atoms with Crippen molar-refractivity contribution in [3.8, 4) is 0 Å². The summed E-state index contributed by atoms with van der Waals surface area (Å²) in [6.07, 6.45) is 0. The van der Waals surface area contributed by atoms with E-state index in [2.05, 4.69) is 0 Å². The molecule has 0 spiro atoms. The molecule has 0 amide bonds. The van der Waals surface area contributed by atoms with Gasteiger partial charge in [0.15, 0.2) is 0 Å². The maximum absolute atomic E-state index is 10.6. The van der Waals surface area contributed by atoms with E-state index in [0.717, 1.165) is 0 Å². The van der Waals surface area contributed by atoms with Gasteiger partial charge in [-0.1, -0.05) is 6.55 Å². The van der Waals surface area contributed by atoms with Gasteiger partial charge in [-0.15, -0.1) is 0 Å². The molecule has 1 rings (SSSR count). The summed E-state index contributed by atoms with van der Waals surface area (Å²) in [7, 11) is -19.3. The summed E-state index contributed by atoms with van der Waals surface area (Å²) in [6, 6.07) is 0. The molecule has 3 N–H and O–H groups in total. The smallest absolute Gasteiger partial charge is 0.423 e. The van der Waals surface area contributed by atoms with Gasteiger partial charge in [0, 0.05) is 39.8 Å². The molecule has 1 aliphatic heterocycles. The second kappa shape index (κ2) is 8.62. The highest BCUT2D eigenvalue weighted by Gasteiger charge is 2.62. The SMILES string of the molecule is CO[Si](C)(O)O[Si]1(C)O[Si](C)(O)O[Si](C)(O[SiH2]O)O[Si](C)(O[SiH2]C)O1. The molecule has 0 aromatic carbocycles. The molecular weight excluding hydrogens is 457 g/mol. The molecule has 0 aromatic heterocycles. The van der Waals surface area contributed by atoms with E-state index in [4.69, 9.17) is 33.2 Å². The average Bonchev–Trinajstić information content (AvgIpc) is 2.33. The van der Waals surface area contributed by atoms with Crippen LogP contribution in [0.5, 0.6) is 0 Å². The molecule has 1 fully saturated rings. The van der Waals surface area contributed by atoms with Crippen LogP contribution in [-0.4, -0.2) is 85.3 Å². The highest BCUT2D eigenvalue weighted by atomic mass is 28.6. The summed E-state index contributed by atoms with van der Waals surface area (Å²) in [6.45, 7) is 9.37. The van der Waals surface area contributed by atoms with Gasteiger partial charge in [-0.25, -0.2) is 0 Å². The molecule has 25 heavy (non-hydrogen) atoms. The Hall–Kier alpha value is 1.08. The third-order valence-electron chi connectivity index (χ3n) is 2.98. The van der Waals surface area contributed by atoms with E-state index in [0.29, 0.717) is 0 Å². The van der Waals surface area contributed by atoms with Crippen molar-refractivity contribution in [3.05, 3.63) is 0 Å². The number of rotatable bonds is 7. The molecule has 0 radical (unpaired) electrons. The van der Waals surface area contributed by atoms with Crippen molar-refractivity contribution in [3.63, 3.8) is 0 Å². The van der Waals surface area contributed by atoms with Crippen LogP contribution in [0.15, 0.2) is 0 Å². The Morgan fingerprint density at radius 1 is 0.920 bits per heavy atom. The van der Waals surface area contributed by atoms with E-state index in [-0.39, 0.29) is 0 Å². The first kappa shape index (κ1) is 24.1. The predicted molar refractivity (Wildman–Crippen MR) is 102 cm³/mol. The Bertz CT molecular complexity index is 456. The lowest BCUT2D eigenvalue weighted by molar-refractivity contribution is 0.0728. The Balaban J connectivity index is 3.24. The van der Waals surface area contributed by atoms with E-state index in [1.54, 1.807) is 13.1 Å². The highest BCUT2D eigenvalue weighted by molar-refractivity contribution is 6.90. The van der Waals surface area contributed by atoms with E-state index >= 15 is 0 Å². The van der Waals surface area contributed by atoms with Gasteiger partial charge in [0.25, 0.3) is 10.0 Å². The summed E-state index contributed by atoms with van der Waals surface area (Å²) in [5.74, 6) is 0. The molecule has 1 saturated heterocycles. The predicted octanol–water partition coefficient (Wildman–Crippen LogP) is -2.29. The van der Waals surface area contributed by atoms with Gasteiger partial charge in [-0.2, -0.15) is 0 Å². The topological polar surface area (TPSA) is 135 Å². The minimum atomic E-state index is -3.81. The van der Waals surface area contributed by atoms with Crippen LogP contribution in [0.1, 0.15) is 0 Å². The first-order chi connectivity index (χ1) is 11.2. The molecule has 1 aliphatic rings. The van der Waals surface area contributed by atoms with Crippen LogP contribution in [-0.2, 0) is 33.2 Å². The molecule has 150 valence electrons. The Kier molecular flexibility index (Phi) is 8.31. The lowest BCUT2D eigenvalue weighted by atomic mass is 11.8. The summed E-state index contributed by atoms with van der Waals surface area (Å²) < 4.78 is 45.2. The van der Waals surface area contributed by atoms with Crippen LogP contribution in [0.2, 0.25) is 39.3 Å². The third kappa shape index (κ3) is 7.54. The van der Waals surface area contributed by atoms with Gasteiger partial charge in [0.2, 0.25) is 0 Å². The summed E-state index contributed by atoms with van der Waals surface area (Å²) in [4.78, 5) is 30.1. The van der Waals surface area contributed by atoms with Gasteiger partial charge in [-0.3, -0.25) is 0 Å². The van der Waals surface area contributed by atoms with Crippen LogP contribution in [0.4, 0.5) is 0 Å². The summed E-state index contributed by atoms with van der Waals surface area (Å²) in [5, 5.41) is 0. The molecule has 1 heterocycles. The molecule has 0 saturated carbocycles. The minimum absolute atomic E-state index is 0.951. The van der Waals surface area contributed by atoms with Crippen molar-refractivity contribution >= 4 is 63.8 Å². The van der Waals surface area contributed by atoms with Gasteiger partial charge < -0.3 is 47.6 Å². The van der Waals surface area contributed by atoms with Gasteiger partial charge in [0.1, 0.15) is 9.76 Å². The molecule has 11 nitrogen and oxygen atoms in total. The molecular formula is C7H28O11Si7. The van der Waals surface area contributed by atoms with Crippen LogP contribution in [0.3, 0.4) is 0 Å². The van der Waals surface area contributed by atoms with Crippen LogP contribution in [0.25, 0.3) is 0 Å². The van der Waals surface area contributed by atoms with Gasteiger partial charge in [0.05, 0.1) is 0 Å². The maximum Gasteiger partial charge on any atom is 0.487 e. The lowest BCUT2D eigenvalue weighted by Crippen LogP contribution is -2.71. The second-order valence-corrected chi connectivity index (χ2v) is 22.2. The van der Waals surface area contributed by atoms with Gasteiger partial charge in [-0.05, 0) is 0 Å². The Labute approximate surface area is 157 Å². The van der Waals surface area contributed by atoms with Crippen molar-refractivity contribution in [2.45, 2.75) is 39.3 Å². The van der Waals surface area contributed by atoms with E-state index in [1.807, 2.05) is 6.55 Å². The Morgan fingerprint density at radius 2 is 1.40 bits per heavy atom. The number of hydrogen-bond donors (Lipinski definition) is 3. The minimum Gasteiger partial charge on any atom is -0.423 e. The van der Waals surface area contributed by atoms with Crippen molar-refractivity contribution in [2.24, 2.45) is 0 Å². The fraction of sp³-hybridized carbons (Fsp3) is 1.00. The molecule has 5 unspecified atom stereocenters. The summed E-state index contributed by atoms with van der Waals surface area (Å²) >= 11 is 0. The number of hydrogen-bond acceptors (Lipinski definition) is 11. The van der Waals surface area contributed by atoms with Gasteiger partial charge >= 0.3 is 44.0 Å². The molecule has 0 aromatic rings. The largest absolute Gasteiger partial charge is 0.487 e. The van der Waals surface area contributed by atoms with E-state index in [9.17, 15) is 14.4 Å². The first-order valence-corrected chi connectivity index (χ1v) is 22.0. The zero-order valence-corrected chi connectivity index (χ0v) is 23.4. The van der Waals surface area contributed by atoms with Crippen LogP contribution in [0, 0.1) is 0 Å². The normalized spacial score (nSPS) is 43.4. The van der Waals surface area contributed by atoms with E-state index in [1.165, 1.54) is 26.8 Å². The van der Waals surface area contributed by atoms with Crippen molar-refractivity contribution in [1.29, 1.82) is 0 Å². The molecule has 0 aliphatic carbocycles. The first-order valence-electron chi connectivity index (χ1n) is 7.61. The molecule has 18 heteroatoms. The van der Waals surface area contributed by atoms with E-state index < -0.39 is 63.8 Å². The highest BCUT2D eigenvalue weighted by Crippen LogP contribution is 2.32. The fourth-order valence-corrected chi connectivity index (χ4v) is 25.7. The van der Waals surface area contributed by atoms with Crippen molar-refractivity contribution in [2.75, 3.05) is 7.11 Å². The maximum atomic E-state index is 10.6. The van der Waals surface area contributed by atoms with Crippen LogP contribution < -0.4 is 0 Å². The zero-order chi connectivity index (χ0) is 19.6. The fourth-order valence-electron chi connectivity index (χ4n) is 2.37. The van der Waals surface area contributed by atoms with Crippen LogP contribution >= 0.6 is 0 Å². The molecule has 0 bridgehead atoms. The average molecular weight is 485 g/mol. The summed E-state index contributed by atoms with van der Waals surface area (Å²) in [5.41, 5.74) is 0. The van der Waals surface area contributed by atoms with Crippen molar-refractivity contribution < 1.29 is 47.6 Å². The lowest BCUT2D eigenvalue weighted by Gasteiger charge is -2.46.